The SMILES string of the molecule is O=C(O)CCOc1ccc2c(c1)CCN2. The van der Waals surface area contributed by atoms with Gasteiger partial charge in [0.15, 0.2) is 0 Å². The predicted octanol–water partition coefficient (Wildman–Crippen LogP) is 1.51. The van der Waals surface area contributed by atoms with Crippen LogP contribution >= 0.6 is 0 Å². The van der Waals surface area contributed by atoms with Crippen LogP contribution in [-0.4, -0.2) is 24.2 Å². The fourth-order valence-electron chi connectivity index (χ4n) is 1.63. The lowest BCUT2D eigenvalue weighted by Crippen LogP contribution is -2.04. The number of benzene rings is 1. The van der Waals surface area contributed by atoms with E-state index in [2.05, 4.69) is 5.32 Å². The van der Waals surface area contributed by atoms with E-state index in [1.54, 1.807) is 0 Å². The zero-order valence-electron chi connectivity index (χ0n) is 8.32. The molecule has 2 rings (SSSR count). The second-order valence-electron chi connectivity index (χ2n) is 3.49. The van der Waals surface area contributed by atoms with E-state index < -0.39 is 5.97 Å². The van der Waals surface area contributed by atoms with Gasteiger partial charge in [-0.1, -0.05) is 0 Å². The Morgan fingerprint density at radius 3 is 3.20 bits per heavy atom. The first-order chi connectivity index (χ1) is 7.25. The Morgan fingerprint density at radius 1 is 1.53 bits per heavy atom. The van der Waals surface area contributed by atoms with Crippen LogP contribution in [0.1, 0.15) is 12.0 Å². The van der Waals surface area contributed by atoms with E-state index in [0.29, 0.717) is 0 Å². The second kappa shape index (κ2) is 4.21. The highest BCUT2D eigenvalue weighted by molar-refractivity contribution is 5.66. The summed E-state index contributed by atoms with van der Waals surface area (Å²) in [5.41, 5.74) is 2.39. The minimum Gasteiger partial charge on any atom is -0.493 e. The van der Waals surface area contributed by atoms with Crippen molar-refractivity contribution in [2.24, 2.45) is 0 Å². The molecule has 1 aromatic carbocycles. The summed E-state index contributed by atoms with van der Waals surface area (Å²) in [6, 6.07) is 5.80. The molecule has 0 aromatic heterocycles. The summed E-state index contributed by atoms with van der Waals surface area (Å²) < 4.78 is 5.33. The van der Waals surface area contributed by atoms with Gasteiger partial charge in [-0.2, -0.15) is 0 Å². The van der Waals surface area contributed by atoms with Crippen LogP contribution in [0.4, 0.5) is 5.69 Å². The van der Waals surface area contributed by atoms with E-state index in [9.17, 15) is 4.79 Å². The fraction of sp³-hybridized carbons (Fsp3) is 0.364. The molecule has 0 unspecified atom stereocenters. The van der Waals surface area contributed by atoms with Crippen molar-refractivity contribution in [3.05, 3.63) is 23.8 Å². The fourth-order valence-corrected chi connectivity index (χ4v) is 1.63. The minimum absolute atomic E-state index is 0.0370. The maximum Gasteiger partial charge on any atom is 0.306 e. The van der Waals surface area contributed by atoms with Crippen LogP contribution < -0.4 is 10.1 Å². The van der Waals surface area contributed by atoms with Gasteiger partial charge in [0.25, 0.3) is 0 Å². The molecule has 0 amide bonds. The minimum atomic E-state index is -0.835. The number of fused-ring (bicyclic) bond motifs is 1. The molecule has 0 bridgehead atoms. The molecule has 15 heavy (non-hydrogen) atoms. The van der Waals surface area contributed by atoms with Crippen LogP contribution in [0.25, 0.3) is 0 Å². The average Bonchev–Trinajstić information content (AvgIpc) is 2.64. The van der Waals surface area contributed by atoms with E-state index >= 15 is 0 Å². The van der Waals surface area contributed by atoms with Gasteiger partial charge in [0, 0.05) is 12.2 Å². The van der Waals surface area contributed by atoms with E-state index in [1.165, 1.54) is 5.56 Å². The molecule has 0 saturated heterocycles. The largest absolute Gasteiger partial charge is 0.493 e. The van der Waals surface area contributed by atoms with E-state index in [1.807, 2.05) is 18.2 Å². The molecule has 0 fully saturated rings. The third-order valence-electron chi connectivity index (χ3n) is 2.37. The van der Waals surface area contributed by atoms with E-state index in [-0.39, 0.29) is 13.0 Å². The topological polar surface area (TPSA) is 58.6 Å². The molecule has 1 heterocycles. The van der Waals surface area contributed by atoms with Crippen molar-refractivity contribution in [1.82, 2.24) is 0 Å². The highest BCUT2D eigenvalue weighted by Crippen LogP contribution is 2.26. The number of anilines is 1. The monoisotopic (exact) mass is 207 g/mol. The Bertz CT molecular complexity index is 376. The molecule has 4 nitrogen and oxygen atoms in total. The molecular formula is C11H13NO3. The Morgan fingerprint density at radius 2 is 2.40 bits per heavy atom. The first-order valence-electron chi connectivity index (χ1n) is 4.97. The summed E-state index contributed by atoms with van der Waals surface area (Å²) in [6.07, 6.45) is 1.04. The van der Waals surface area contributed by atoms with Crippen molar-refractivity contribution in [2.75, 3.05) is 18.5 Å². The number of aliphatic carboxylic acids is 1. The summed E-state index contributed by atoms with van der Waals surface area (Å²) >= 11 is 0. The smallest absolute Gasteiger partial charge is 0.306 e. The van der Waals surface area contributed by atoms with Gasteiger partial charge in [0.2, 0.25) is 0 Å². The summed E-state index contributed by atoms with van der Waals surface area (Å²) in [7, 11) is 0. The number of carbonyl (C=O) groups is 1. The van der Waals surface area contributed by atoms with Gasteiger partial charge >= 0.3 is 5.97 Å². The first kappa shape index (κ1) is 9.83. The molecule has 1 aromatic rings. The molecule has 80 valence electrons. The second-order valence-corrected chi connectivity index (χ2v) is 3.49. The maximum atomic E-state index is 10.3. The lowest BCUT2D eigenvalue weighted by atomic mass is 10.1. The van der Waals surface area contributed by atoms with Crippen LogP contribution in [0.5, 0.6) is 5.75 Å². The van der Waals surface area contributed by atoms with Gasteiger partial charge in [-0.15, -0.1) is 0 Å². The van der Waals surface area contributed by atoms with E-state index in [4.69, 9.17) is 9.84 Å². The number of ether oxygens (including phenoxy) is 1. The molecule has 1 aliphatic rings. The van der Waals surface area contributed by atoms with Crippen molar-refractivity contribution < 1.29 is 14.6 Å². The maximum absolute atomic E-state index is 10.3. The zero-order valence-corrected chi connectivity index (χ0v) is 8.32. The molecule has 0 aliphatic carbocycles. The number of hydrogen-bond donors (Lipinski definition) is 2. The van der Waals surface area contributed by atoms with Crippen LogP contribution in [0.15, 0.2) is 18.2 Å². The summed E-state index contributed by atoms with van der Waals surface area (Å²) in [5, 5.41) is 11.7. The lowest BCUT2D eigenvalue weighted by molar-refractivity contribution is -0.137. The quantitative estimate of drug-likeness (QED) is 0.785. The highest BCUT2D eigenvalue weighted by Gasteiger charge is 2.10. The van der Waals surface area contributed by atoms with Crippen LogP contribution in [-0.2, 0) is 11.2 Å². The molecule has 0 atom stereocenters. The Hall–Kier alpha value is -1.71. The molecule has 4 heteroatoms. The van der Waals surface area contributed by atoms with Crippen LogP contribution in [0.3, 0.4) is 0 Å². The molecule has 2 N–H and O–H groups in total. The van der Waals surface area contributed by atoms with Crippen molar-refractivity contribution in [1.29, 1.82) is 0 Å². The normalized spacial score (nSPS) is 13.1. The molecule has 1 aliphatic heterocycles. The Balaban J connectivity index is 1.95. The van der Waals surface area contributed by atoms with Crippen molar-refractivity contribution >= 4 is 11.7 Å². The number of nitrogens with one attached hydrogen (secondary N) is 1. The van der Waals surface area contributed by atoms with Gasteiger partial charge in [-0.05, 0) is 30.2 Å². The third kappa shape index (κ3) is 2.40. The molecule has 0 spiro atoms. The first-order valence-corrected chi connectivity index (χ1v) is 4.97. The lowest BCUT2D eigenvalue weighted by Gasteiger charge is -2.06. The predicted molar refractivity (Wildman–Crippen MR) is 56.4 cm³/mol. The zero-order chi connectivity index (χ0) is 10.7. The van der Waals surface area contributed by atoms with E-state index in [0.717, 1.165) is 24.4 Å². The Kier molecular flexibility index (Phi) is 2.76. The number of rotatable bonds is 4. The van der Waals surface area contributed by atoms with Gasteiger partial charge in [-0.25, -0.2) is 0 Å². The summed E-state index contributed by atoms with van der Waals surface area (Å²) in [4.78, 5) is 10.3. The molecule has 0 saturated carbocycles. The number of carboxylic acid groups (broad SMARTS) is 1. The van der Waals surface area contributed by atoms with Crippen molar-refractivity contribution in [2.45, 2.75) is 12.8 Å². The van der Waals surface area contributed by atoms with Crippen LogP contribution in [0.2, 0.25) is 0 Å². The van der Waals surface area contributed by atoms with Crippen molar-refractivity contribution in [3.63, 3.8) is 0 Å². The van der Waals surface area contributed by atoms with Gasteiger partial charge in [0.1, 0.15) is 5.75 Å². The van der Waals surface area contributed by atoms with Gasteiger partial charge in [-0.3, -0.25) is 4.79 Å². The molecule has 0 radical (unpaired) electrons. The summed E-state index contributed by atoms with van der Waals surface area (Å²) in [6.45, 7) is 1.19. The van der Waals surface area contributed by atoms with Crippen molar-refractivity contribution in [3.8, 4) is 5.75 Å². The number of carboxylic acids is 1. The van der Waals surface area contributed by atoms with Gasteiger partial charge < -0.3 is 15.2 Å². The summed E-state index contributed by atoms with van der Waals surface area (Å²) in [5.74, 6) is -0.0865. The highest BCUT2D eigenvalue weighted by atomic mass is 16.5. The average molecular weight is 207 g/mol. The van der Waals surface area contributed by atoms with Crippen LogP contribution in [0, 0.1) is 0 Å². The number of hydrogen-bond acceptors (Lipinski definition) is 3. The standard InChI is InChI=1S/C11H13NO3/c13-11(14)4-6-15-9-1-2-10-8(7-9)3-5-12-10/h1-2,7,12H,3-6H2,(H,13,14). The van der Waals surface area contributed by atoms with Gasteiger partial charge in [0.05, 0.1) is 13.0 Å². The molecular weight excluding hydrogens is 194 g/mol. The Labute approximate surface area is 87.9 Å². The third-order valence-corrected chi connectivity index (χ3v) is 2.37.